The second kappa shape index (κ2) is 7.80. The van der Waals surface area contributed by atoms with E-state index in [0.29, 0.717) is 19.6 Å². The van der Waals surface area contributed by atoms with E-state index in [1.54, 1.807) is 13.0 Å². The van der Waals surface area contributed by atoms with Crippen molar-refractivity contribution in [3.63, 3.8) is 0 Å². The summed E-state index contributed by atoms with van der Waals surface area (Å²) < 4.78 is 11.4. The average molecular weight is 417 g/mol. The number of nitrogens with two attached hydrogens (primary N) is 1. The topological polar surface area (TPSA) is 151 Å². The number of carboxylic acids is 1. The predicted octanol–water partition coefficient (Wildman–Crippen LogP) is -0.584. The molecule has 0 unspecified atom stereocenters. The highest BCUT2D eigenvalue weighted by Gasteiger charge is 2.54. The van der Waals surface area contributed by atoms with Crippen LogP contribution in [-0.4, -0.2) is 72.2 Å². The Balaban J connectivity index is 1.35. The molecule has 3 atom stereocenters. The Morgan fingerprint density at radius 2 is 2.13 bits per heavy atom. The maximum absolute atomic E-state index is 11.9. The van der Waals surface area contributed by atoms with Crippen LogP contribution in [-0.2, 0) is 9.59 Å². The molecule has 1 aromatic carbocycles. The fourth-order valence-corrected chi connectivity index (χ4v) is 4.14. The van der Waals surface area contributed by atoms with Crippen LogP contribution in [0.4, 0.5) is 0 Å². The molecule has 0 radical (unpaired) electrons. The van der Waals surface area contributed by atoms with Crippen molar-refractivity contribution in [3.8, 4) is 11.5 Å². The molecular weight excluding hydrogens is 393 g/mol. The van der Waals surface area contributed by atoms with Gasteiger partial charge < -0.3 is 30.6 Å². The van der Waals surface area contributed by atoms with E-state index in [0.717, 1.165) is 12.0 Å². The third kappa shape index (κ3) is 3.95. The van der Waals surface area contributed by atoms with Crippen LogP contribution >= 0.6 is 0 Å². The quantitative estimate of drug-likeness (QED) is 0.410. The first-order valence-electron chi connectivity index (χ1n) is 9.94. The van der Waals surface area contributed by atoms with Gasteiger partial charge in [0.15, 0.2) is 0 Å². The molecule has 30 heavy (non-hydrogen) atoms. The molecule has 5 N–H and O–H groups in total. The zero-order chi connectivity index (χ0) is 21.6. The van der Waals surface area contributed by atoms with Gasteiger partial charge in [0, 0.05) is 31.4 Å². The summed E-state index contributed by atoms with van der Waals surface area (Å²) in [5, 5.41) is 22.2. The van der Waals surface area contributed by atoms with E-state index in [1.165, 1.54) is 0 Å². The number of benzene rings is 1. The molecule has 1 saturated heterocycles. The Bertz CT molecular complexity index is 889. The van der Waals surface area contributed by atoms with Gasteiger partial charge in [-0.1, -0.05) is 13.0 Å². The Morgan fingerprint density at radius 1 is 1.40 bits per heavy atom. The minimum atomic E-state index is -1.16. The van der Waals surface area contributed by atoms with E-state index in [4.69, 9.17) is 15.1 Å². The van der Waals surface area contributed by atoms with Crippen LogP contribution < -0.4 is 20.4 Å². The molecule has 4 rings (SSSR count). The van der Waals surface area contributed by atoms with E-state index in [2.05, 4.69) is 5.32 Å². The van der Waals surface area contributed by atoms with Crippen LogP contribution in [0.3, 0.4) is 0 Å². The van der Waals surface area contributed by atoms with Gasteiger partial charge in [0.1, 0.15) is 23.2 Å². The van der Waals surface area contributed by atoms with Crippen molar-refractivity contribution in [2.75, 3.05) is 26.2 Å². The molecule has 2 aliphatic heterocycles. The van der Waals surface area contributed by atoms with Gasteiger partial charge in [0.25, 0.3) is 0 Å². The number of hydrogen-bond donors (Lipinski definition) is 4. The lowest BCUT2D eigenvalue weighted by atomic mass is 9.77. The van der Waals surface area contributed by atoms with Crippen LogP contribution in [0.1, 0.15) is 35.2 Å². The number of carbonyl (C=O) groups excluding carboxylic acids is 2. The second-order valence-corrected chi connectivity index (χ2v) is 8.22. The zero-order valence-corrected chi connectivity index (χ0v) is 16.5. The summed E-state index contributed by atoms with van der Waals surface area (Å²) in [7, 11) is -0.989. The highest BCUT2D eigenvalue weighted by Crippen LogP contribution is 2.60. The minimum absolute atomic E-state index is 0.0354. The Hall–Kier alpha value is -2.79. The van der Waals surface area contributed by atoms with Crippen LogP contribution in [0.5, 0.6) is 11.5 Å². The van der Waals surface area contributed by atoms with Gasteiger partial charge in [-0.2, -0.15) is 0 Å². The average Bonchev–Trinajstić information content (AvgIpc) is 3.45. The second-order valence-electron chi connectivity index (χ2n) is 8.22. The third-order valence-corrected chi connectivity index (χ3v) is 5.84. The number of carboxylic acid groups (broad SMARTS) is 1. The summed E-state index contributed by atoms with van der Waals surface area (Å²) in [6.07, 6.45) is 0.570. The smallest absolute Gasteiger partial charge is 0.526 e. The monoisotopic (exact) mass is 417 g/mol. The fourth-order valence-electron chi connectivity index (χ4n) is 4.14. The van der Waals surface area contributed by atoms with E-state index in [-0.39, 0.29) is 53.3 Å². The van der Waals surface area contributed by atoms with Gasteiger partial charge in [0.05, 0.1) is 6.54 Å². The van der Waals surface area contributed by atoms with Crippen molar-refractivity contribution in [3.05, 3.63) is 23.3 Å². The molecule has 11 heteroatoms. The highest BCUT2D eigenvalue weighted by atomic mass is 16.5. The molecule has 0 spiro atoms. The van der Waals surface area contributed by atoms with Crippen molar-refractivity contribution >= 4 is 24.9 Å². The predicted molar refractivity (Wildman–Crippen MR) is 105 cm³/mol. The molecule has 10 nitrogen and oxygen atoms in total. The van der Waals surface area contributed by atoms with E-state index in [9.17, 15) is 24.5 Å². The van der Waals surface area contributed by atoms with Gasteiger partial charge >= 0.3 is 13.1 Å². The summed E-state index contributed by atoms with van der Waals surface area (Å²) in [6, 6.07) is 3.47. The number of rotatable bonds is 8. The van der Waals surface area contributed by atoms with Gasteiger partial charge in [0.2, 0.25) is 11.8 Å². The summed E-state index contributed by atoms with van der Waals surface area (Å²) in [6.45, 7) is 3.13. The standard InChI is InChI=1S/C19H24BN3O7/c1-9(18(25)22-5-15(21)24)6-23-7-10(8-23)29-14-3-2-11-12-4-13(12)20(28)30-17(11)16(14)19(26)27/h2-3,9-10,12-13,28H,4-8H2,1H3,(H2,21,24)(H,22,25)(H,26,27)/t9-,12+,13+/m0/s1. The van der Waals surface area contributed by atoms with E-state index in [1.807, 2.05) is 11.0 Å². The lowest BCUT2D eigenvalue weighted by molar-refractivity contribution is -0.128. The zero-order valence-electron chi connectivity index (χ0n) is 16.5. The Morgan fingerprint density at radius 3 is 2.80 bits per heavy atom. The Kier molecular flexibility index (Phi) is 5.33. The lowest BCUT2D eigenvalue weighted by Crippen LogP contribution is -2.56. The summed E-state index contributed by atoms with van der Waals surface area (Å²) in [5.41, 5.74) is 5.77. The molecular formula is C19H24BN3O7. The number of ether oxygens (including phenoxy) is 1. The first-order valence-corrected chi connectivity index (χ1v) is 9.94. The SMILES string of the molecule is C[C@@H](CN1CC(Oc2ccc3c(c2C(=O)O)OB(O)[C@@H]2C[C@H]32)C1)C(=O)NCC(N)=O. The van der Waals surface area contributed by atoms with Crippen molar-refractivity contribution in [2.24, 2.45) is 11.7 Å². The number of nitrogens with one attached hydrogen (secondary N) is 1. The van der Waals surface area contributed by atoms with Gasteiger partial charge in [-0.15, -0.1) is 0 Å². The number of primary amides is 1. The number of fused-ring (bicyclic) bond motifs is 3. The number of amides is 2. The maximum atomic E-state index is 11.9. The van der Waals surface area contributed by atoms with E-state index < -0.39 is 19.0 Å². The molecule has 0 bridgehead atoms. The third-order valence-electron chi connectivity index (χ3n) is 5.84. The van der Waals surface area contributed by atoms with Crippen molar-refractivity contribution in [1.29, 1.82) is 0 Å². The first kappa shape index (κ1) is 20.5. The highest BCUT2D eigenvalue weighted by molar-refractivity contribution is 6.48. The van der Waals surface area contributed by atoms with Crippen molar-refractivity contribution < 1.29 is 33.9 Å². The lowest BCUT2D eigenvalue weighted by Gasteiger charge is -2.40. The number of carbonyl (C=O) groups is 3. The van der Waals surface area contributed by atoms with Crippen LogP contribution in [0.15, 0.2) is 12.1 Å². The fraction of sp³-hybridized carbons (Fsp3) is 0.526. The summed E-state index contributed by atoms with van der Waals surface area (Å²) >= 11 is 0. The first-order chi connectivity index (χ1) is 14.2. The van der Waals surface area contributed by atoms with Crippen LogP contribution in [0.25, 0.3) is 0 Å². The molecule has 2 amide bonds. The van der Waals surface area contributed by atoms with Crippen molar-refractivity contribution in [1.82, 2.24) is 10.2 Å². The van der Waals surface area contributed by atoms with Crippen molar-refractivity contribution in [2.45, 2.75) is 31.2 Å². The number of likely N-dealkylation sites (tertiary alicyclic amines) is 1. The van der Waals surface area contributed by atoms with Crippen LogP contribution in [0.2, 0.25) is 5.82 Å². The molecule has 1 aliphatic carbocycles. The molecule has 1 aromatic rings. The van der Waals surface area contributed by atoms with Gasteiger partial charge in [-0.25, -0.2) is 4.79 Å². The minimum Gasteiger partial charge on any atom is -0.535 e. The summed E-state index contributed by atoms with van der Waals surface area (Å²) in [4.78, 5) is 36.6. The number of aromatic carboxylic acids is 1. The molecule has 160 valence electrons. The normalized spacial score (nSPS) is 23.3. The largest absolute Gasteiger partial charge is 0.535 e. The van der Waals surface area contributed by atoms with E-state index >= 15 is 0 Å². The molecule has 1 saturated carbocycles. The summed E-state index contributed by atoms with van der Waals surface area (Å²) in [5.74, 6) is -1.76. The molecule has 2 heterocycles. The molecule has 3 aliphatic rings. The Labute approximate surface area is 173 Å². The number of nitrogens with zero attached hydrogens (tertiary/aromatic N) is 1. The molecule has 0 aromatic heterocycles. The van der Waals surface area contributed by atoms with Crippen LogP contribution in [0, 0.1) is 5.92 Å². The molecule has 2 fully saturated rings. The van der Waals surface area contributed by atoms with Gasteiger partial charge in [-0.3, -0.25) is 14.5 Å². The van der Waals surface area contributed by atoms with Gasteiger partial charge in [-0.05, 0) is 24.0 Å². The number of hydrogen-bond acceptors (Lipinski definition) is 7. The maximum Gasteiger partial charge on any atom is 0.526 e.